The fraction of sp³-hybridized carbons (Fsp3) is 0.150. The Hall–Kier alpha value is -2.61. The van der Waals surface area contributed by atoms with Crippen LogP contribution in [0.25, 0.3) is 33.1 Å². The van der Waals surface area contributed by atoms with Crippen molar-refractivity contribution in [2.24, 2.45) is 0 Å². The fourth-order valence-electron chi connectivity index (χ4n) is 3.05. The predicted octanol–water partition coefficient (Wildman–Crippen LogP) is 5.31. The molecule has 2 aromatic heterocycles. The molecule has 2 nitrogen and oxygen atoms in total. The number of aromatic nitrogens is 2. The van der Waals surface area contributed by atoms with Crippen LogP contribution < -0.4 is 0 Å². The van der Waals surface area contributed by atoms with E-state index in [1.807, 2.05) is 0 Å². The second kappa shape index (κ2) is 4.70. The summed E-state index contributed by atoms with van der Waals surface area (Å²) in [6.45, 7) is 6.30. The Kier molecular flexibility index (Phi) is 2.80. The van der Waals surface area contributed by atoms with E-state index in [9.17, 15) is 0 Å². The number of hydrogen-bond acceptors (Lipinski definition) is 1. The quantitative estimate of drug-likeness (QED) is 0.505. The van der Waals surface area contributed by atoms with Gasteiger partial charge in [0, 0.05) is 21.9 Å². The van der Waals surface area contributed by atoms with Gasteiger partial charge in [-0.3, -0.25) is 4.98 Å². The lowest BCUT2D eigenvalue weighted by Gasteiger charge is -2.04. The maximum atomic E-state index is 4.79. The number of aromatic amines is 1. The Labute approximate surface area is 129 Å². The lowest BCUT2D eigenvalue weighted by atomic mass is 10.1. The van der Waals surface area contributed by atoms with Gasteiger partial charge in [0.15, 0.2) is 0 Å². The topological polar surface area (TPSA) is 28.7 Å². The van der Waals surface area contributed by atoms with Crippen molar-refractivity contribution in [3.8, 4) is 11.3 Å². The largest absolute Gasteiger partial charge is 0.353 e. The summed E-state index contributed by atoms with van der Waals surface area (Å²) in [6.07, 6.45) is 0. The third-order valence-corrected chi connectivity index (χ3v) is 4.27. The van der Waals surface area contributed by atoms with E-state index in [2.05, 4.69) is 74.3 Å². The Morgan fingerprint density at radius 2 is 1.50 bits per heavy atom. The first kappa shape index (κ1) is 13.1. The summed E-state index contributed by atoms with van der Waals surface area (Å²) in [4.78, 5) is 8.30. The summed E-state index contributed by atoms with van der Waals surface area (Å²) < 4.78 is 0. The average Bonchev–Trinajstić information content (AvgIpc) is 2.86. The number of benzene rings is 2. The van der Waals surface area contributed by atoms with E-state index < -0.39 is 0 Å². The standard InChI is InChI=1S/C20H18N2/c1-12-4-7-15(8-5-12)18-11-17-16-9-6-13(2)10-19(16)22-20(17)14(3)21-18/h4-11,22H,1-3H3. The van der Waals surface area contributed by atoms with Crippen molar-refractivity contribution in [3.05, 3.63) is 65.4 Å². The average molecular weight is 286 g/mol. The number of nitrogens with zero attached hydrogens (tertiary/aromatic N) is 1. The van der Waals surface area contributed by atoms with E-state index in [-0.39, 0.29) is 0 Å². The van der Waals surface area contributed by atoms with Gasteiger partial charge in [-0.2, -0.15) is 0 Å². The van der Waals surface area contributed by atoms with Crippen LogP contribution in [0.15, 0.2) is 48.5 Å². The Balaban J connectivity index is 2.02. The van der Waals surface area contributed by atoms with Crippen molar-refractivity contribution in [2.45, 2.75) is 20.8 Å². The van der Waals surface area contributed by atoms with Gasteiger partial charge in [-0.05, 0) is 38.5 Å². The van der Waals surface area contributed by atoms with Crippen LogP contribution in [0.2, 0.25) is 0 Å². The van der Waals surface area contributed by atoms with Crippen LogP contribution in [0.1, 0.15) is 16.8 Å². The molecule has 0 saturated heterocycles. The number of H-pyrrole nitrogens is 1. The zero-order valence-corrected chi connectivity index (χ0v) is 13.1. The van der Waals surface area contributed by atoms with E-state index in [0.29, 0.717) is 0 Å². The lowest BCUT2D eigenvalue weighted by molar-refractivity contribution is 1.22. The minimum absolute atomic E-state index is 1.03. The molecule has 0 fully saturated rings. The van der Waals surface area contributed by atoms with E-state index >= 15 is 0 Å². The second-order valence-electron chi connectivity index (χ2n) is 6.06. The van der Waals surface area contributed by atoms with Crippen LogP contribution in [0.4, 0.5) is 0 Å². The highest BCUT2D eigenvalue weighted by Crippen LogP contribution is 2.31. The highest BCUT2D eigenvalue weighted by atomic mass is 14.8. The normalized spacial score (nSPS) is 11.4. The SMILES string of the molecule is Cc1ccc(-c2cc3c([nH]c4cc(C)ccc43)c(C)n2)cc1. The van der Waals surface area contributed by atoms with Gasteiger partial charge in [0.1, 0.15) is 0 Å². The van der Waals surface area contributed by atoms with Gasteiger partial charge in [0.25, 0.3) is 0 Å². The van der Waals surface area contributed by atoms with Crippen LogP contribution >= 0.6 is 0 Å². The maximum Gasteiger partial charge on any atom is 0.0713 e. The van der Waals surface area contributed by atoms with E-state index in [4.69, 9.17) is 4.98 Å². The van der Waals surface area contributed by atoms with Gasteiger partial charge in [0.05, 0.1) is 16.9 Å². The minimum atomic E-state index is 1.03. The molecule has 0 aliphatic rings. The third-order valence-electron chi connectivity index (χ3n) is 4.27. The number of fused-ring (bicyclic) bond motifs is 3. The number of rotatable bonds is 1. The highest BCUT2D eigenvalue weighted by Gasteiger charge is 2.10. The molecule has 2 heterocycles. The molecular weight excluding hydrogens is 268 g/mol. The van der Waals surface area contributed by atoms with Gasteiger partial charge in [-0.15, -0.1) is 0 Å². The Morgan fingerprint density at radius 3 is 2.27 bits per heavy atom. The van der Waals surface area contributed by atoms with Crippen LogP contribution in [-0.4, -0.2) is 9.97 Å². The molecule has 0 atom stereocenters. The molecule has 0 spiro atoms. The zero-order chi connectivity index (χ0) is 15.3. The van der Waals surface area contributed by atoms with Crippen molar-refractivity contribution in [1.29, 1.82) is 0 Å². The van der Waals surface area contributed by atoms with Crippen LogP contribution in [0, 0.1) is 20.8 Å². The number of nitrogens with one attached hydrogen (secondary N) is 1. The molecule has 0 unspecified atom stereocenters. The third kappa shape index (κ3) is 2.00. The van der Waals surface area contributed by atoms with Gasteiger partial charge < -0.3 is 4.98 Å². The zero-order valence-electron chi connectivity index (χ0n) is 13.1. The summed E-state index contributed by atoms with van der Waals surface area (Å²) in [5, 5.41) is 2.51. The van der Waals surface area contributed by atoms with Gasteiger partial charge >= 0.3 is 0 Å². The molecule has 2 aromatic carbocycles. The number of hydrogen-bond donors (Lipinski definition) is 1. The van der Waals surface area contributed by atoms with Crippen molar-refractivity contribution >= 4 is 21.8 Å². The molecule has 0 saturated carbocycles. The summed E-state index contributed by atoms with van der Waals surface area (Å²) in [5.74, 6) is 0. The maximum absolute atomic E-state index is 4.79. The summed E-state index contributed by atoms with van der Waals surface area (Å²) in [5.41, 5.74) is 8.09. The van der Waals surface area contributed by atoms with E-state index in [1.54, 1.807) is 0 Å². The molecule has 0 aliphatic heterocycles. The Bertz CT molecular complexity index is 992. The van der Waals surface area contributed by atoms with Crippen LogP contribution in [0.3, 0.4) is 0 Å². The van der Waals surface area contributed by atoms with Gasteiger partial charge in [-0.1, -0.05) is 42.0 Å². The van der Waals surface area contributed by atoms with E-state index in [0.717, 1.165) is 22.5 Å². The number of pyridine rings is 1. The Morgan fingerprint density at radius 1 is 0.773 bits per heavy atom. The first-order chi connectivity index (χ1) is 10.6. The molecule has 1 N–H and O–H groups in total. The molecule has 4 aromatic rings. The molecule has 2 heteroatoms. The molecule has 108 valence electrons. The molecule has 0 amide bonds. The monoisotopic (exact) mass is 286 g/mol. The first-order valence-corrected chi connectivity index (χ1v) is 7.58. The van der Waals surface area contributed by atoms with E-state index in [1.165, 1.54) is 27.4 Å². The second-order valence-corrected chi connectivity index (χ2v) is 6.06. The van der Waals surface area contributed by atoms with Crippen molar-refractivity contribution < 1.29 is 0 Å². The van der Waals surface area contributed by atoms with Gasteiger partial charge in [-0.25, -0.2) is 0 Å². The molecule has 22 heavy (non-hydrogen) atoms. The summed E-state index contributed by atoms with van der Waals surface area (Å²) >= 11 is 0. The smallest absolute Gasteiger partial charge is 0.0713 e. The van der Waals surface area contributed by atoms with Crippen molar-refractivity contribution in [2.75, 3.05) is 0 Å². The van der Waals surface area contributed by atoms with Gasteiger partial charge in [0.2, 0.25) is 0 Å². The van der Waals surface area contributed by atoms with Crippen molar-refractivity contribution in [3.63, 3.8) is 0 Å². The first-order valence-electron chi connectivity index (χ1n) is 7.58. The van der Waals surface area contributed by atoms with Crippen LogP contribution in [-0.2, 0) is 0 Å². The molecule has 0 radical (unpaired) electrons. The molecular formula is C20H18N2. The molecule has 4 rings (SSSR count). The van der Waals surface area contributed by atoms with Crippen LogP contribution in [0.5, 0.6) is 0 Å². The number of aryl methyl sites for hydroxylation is 3. The summed E-state index contributed by atoms with van der Waals surface area (Å²) in [6, 6.07) is 17.3. The molecule has 0 bridgehead atoms. The highest BCUT2D eigenvalue weighted by molar-refractivity contribution is 6.09. The summed E-state index contributed by atoms with van der Waals surface area (Å²) in [7, 11) is 0. The van der Waals surface area contributed by atoms with Crippen molar-refractivity contribution in [1.82, 2.24) is 9.97 Å². The predicted molar refractivity (Wildman–Crippen MR) is 93.2 cm³/mol. The lowest BCUT2D eigenvalue weighted by Crippen LogP contribution is -1.88. The molecule has 0 aliphatic carbocycles. The fourth-order valence-corrected chi connectivity index (χ4v) is 3.05. The minimum Gasteiger partial charge on any atom is -0.353 e.